The molecule has 3 rings (SSSR count). The molecule has 102 valence electrons. The third kappa shape index (κ3) is 3.10. The van der Waals surface area contributed by atoms with Crippen LogP contribution in [-0.4, -0.2) is 9.55 Å². The lowest BCUT2D eigenvalue weighted by molar-refractivity contribution is 1.05. The van der Waals surface area contributed by atoms with Crippen LogP contribution in [0.2, 0.25) is 0 Å². The number of hydrogen-bond donors (Lipinski definition) is 1. The molecule has 0 aliphatic heterocycles. The van der Waals surface area contributed by atoms with E-state index in [0.29, 0.717) is 5.56 Å². The van der Waals surface area contributed by atoms with E-state index < -0.39 is 0 Å². The Hall–Kier alpha value is -3.06. The highest BCUT2D eigenvalue weighted by molar-refractivity contribution is 5.51. The smallest absolute Gasteiger partial charge is 0.0991 e. The number of hydrogen-bond acceptors (Lipinski definition) is 3. The second-order valence-electron chi connectivity index (χ2n) is 4.68. The molecule has 0 bridgehead atoms. The molecular weight excluding hydrogens is 260 g/mol. The predicted octanol–water partition coefficient (Wildman–Crippen LogP) is 3.36. The van der Waals surface area contributed by atoms with Gasteiger partial charge in [-0.1, -0.05) is 18.2 Å². The van der Waals surface area contributed by atoms with Crippen molar-refractivity contribution in [2.24, 2.45) is 0 Å². The summed E-state index contributed by atoms with van der Waals surface area (Å²) in [6.07, 6.45) is 5.45. The van der Waals surface area contributed by atoms with Gasteiger partial charge in [-0.05, 0) is 35.9 Å². The maximum absolute atomic E-state index is 8.78. The van der Waals surface area contributed by atoms with Crippen molar-refractivity contribution >= 4 is 5.69 Å². The van der Waals surface area contributed by atoms with Gasteiger partial charge in [-0.2, -0.15) is 5.26 Å². The van der Waals surface area contributed by atoms with Crippen molar-refractivity contribution in [3.05, 3.63) is 78.4 Å². The van der Waals surface area contributed by atoms with E-state index >= 15 is 0 Å². The minimum absolute atomic E-state index is 0.681. The number of aromatic nitrogens is 2. The van der Waals surface area contributed by atoms with E-state index in [4.69, 9.17) is 5.26 Å². The van der Waals surface area contributed by atoms with Gasteiger partial charge >= 0.3 is 0 Å². The van der Waals surface area contributed by atoms with Crippen LogP contribution in [0, 0.1) is 11.3 Å². The minimum atomic E-state index is 0.681. The average molecular weight is 274 g/mol. The fourth-order valence-corrected chi connectivity index (χ4v) is 2.09. The van der Waals surface area contributed by atoms with Gasteiger partial charge in [-0.25, -0.2) is 4.98 Å². The van der Waals surface area contributed by atoms with Gasteiger partial charge in [0.25, 0.3) is 0 Å². The van der Waals surface area contributed by atoms with Crippen LogP contribution < -0.4 is 5.32 Å². The summed E-state index contributed by atoms with van der Waals surface area (Å²) in [6.45, 7) is 0.721. The molecule has 0 aliphatic carbocycles. The molecule has 0 aliphatic rings. The first-order valence-corrected chi connectivity index (χ1v) is 6.66. The molecule has 2 aromatic carbocycles. The molecule has 0 amide bonds. The van der Waals surface area contributed by atoms with E-state index in [1.807, 2.05) is 53.2 Å². The van der Waals surface area contributed by atoms with E-state index in [-0.39, 0.29) is 0 Å². The van der Waals surface area contributed by atoms with Gasteiger partial charge in [0.1, 0.15) is 0 Å². The highest BCUT2D eigenvalue weighted by Gasteiger charge is 1.99. The van der Waals surface area contributed by atoms with Crippen molar-refractivity contribution in [3.8, 4) is 11.8 Å². The van der Waals surface area contributed by atoms with Gasteiger partial charge in [-0.3, -0.25) is 0 Å². The molecule has 3 aromatic rings. The van der Waals surface area contributed by atoms with Crippen molar-refractivity contribution < 1.29 is 0 Å². The Morgan fingerprint density at radius 1 is 1.14 bits per heavy atom. The molecule has 0 radical (unpaired) electrons. The molecule has 1 N–H and O–H groups in total. The van der Waals surface area contributed by atoms with Gasteiger partial charge in [0.2, 0.25) is 0 Å². The third-order valence-corrected chi connectivity index (χ3v) is 3.23. The highest BCUT2D eigenvalue weighted by atomic mass is 15.0. The molecule has 0 unspecified atom stereocenters. The van der Waals surface area contributed by atoms with Crippen molar-refractivity contribution in [1.29, 1.82) is 5.26 Å². The second kappa shape index (κ2) is 5.93. The lowest BCUT2D eigenvalue weighted by Gasteiger charge is -2.09. The number of nitriles is 1. The van der Waals surface area contributed by atoms with Gasteiger partial charge in [0.15, 0.2) is 0 Å². The van der Waals surface area contributed by atoms with Crippen LogP contribution in [0.1, 0.15) is 11.1 Å². The zero-order chi connectivity index (χ0) is 14.5. The molecule has 1 aromatic heterocycles. The van der Waals surface area contributed by atoms with Crippen molar-refractivity contribution in [2.45, 2.75) is 6.54 Å². The Morgan fingerprint density at radius 3 is 2.71 bits per heavy atom. The van der Waals surface area contributed by atoms with Gasteiger partial charge < -0.3 is 9.88 Å². The molecule has 0 spiro atoms. The maximum atomic E-state index is 8.78. The fraction of sp³-hybridized carbons (Fsp3) is 0.0588. The predicted molar refractivity (Wildman–Crippen MR) is 82.0 cm³/mol. The summed E-state index contributed by atoms with van der Waals surface area (Å²) in [5.74, 6) is 0. The monoisotopic (exact) mass is 274 g/mol. The minimum Gasteiger partial charge on any atom is -0.381 e. The summed E-state index contributed by atoms with van der Waals surface area (Å²) in [5, 5.41) is 12.2. The molecule has 0 saturated carbocycles. The number of anilines is 1. The van der Waals surface area contributed by atoms with Crippen LogP contribution in [0.4, 0.5) is 5.69 Å². The Labute approximate surface area is 123 Å². The Bertz CT molecular complexity index is 752. The van der Waals surface area contributed by atoms with Gasteiger partial charge in [0.05, 0.1) is 18.0 Å². The Kier molecular flexibility index (Phi) is 3.66. The standard InChI is InChI=1S/C17H14N4/c18-11-14-4-6-15(7-5-14)12-20-16-2-1-3-17(10-16)21-9-8-19-13-21/h1-10,13,20H,12H2. The molecule has 21 heavy (non-hydrogen) atoms. The normalized spacial score (nSPS) is 10.0. The zero-order valence-electron chi connectivity index (χ0n) is 11.4. The summed E-state index contributed by atoms with van der Waals surface area (Å²) >= 11 is 0. The first-order chi connectivity index (χ1) is 10.3. The lowest BCUT2D eigenvalue weighted by atomic mass is 10.1. The summed E-state index contributed by atoms with van der Waals surface area (Å²) in [4.78, 5) is 4.05. The third-order valence-electron chi connectivity index (χ3n) is 3.23. The van der Waals surface area contributed by atoms with Crippen LogP contribution in [0.25, 0.3) is 5.69 Å². The summed E-state index contributed by atoms with van der Waals surface area (Å²) in [5.41, 5.74) is 3.94. The number of rotatable bonds is 4. The summed E-state index contributed by atoms with van der Waals surface area (Å²) < 4.78 is 1.97. The quantitative estimate of drug-likeness (QED) is 0.793. The van der Waals surface area contributed by atoms with E-state index in [2.05, 4.69) is 22.4 Å². The first-order valence-electron chi connectivity index (χ1n) is 6.66. The molecule has 1 heterocycles. The number of nitrogens with one attached hydrogen (secondary N) is 1. The SMILES string of the molecule is N#Cc1ccc(CNc2cccc(-n3ccnc3)c2)cc1. The molecule has 4 heteroatoms. The topological polar surface area (TPSA) is 53.6 Å². The van der Waals surface area contributed by atoms with Gasteiger partial charge in [-0.15, -0.1) is 0 Å². The van der Waals surface area contributed by atoms with Crippen molar-refractivity contribution in [1.82, 2.24) is 9.55 Å². The molecule has 0 fully saturated rings. The van der Waals surface area contributed by atoms with Crippen LogP contribution in [0.15, 0.2) is 67.3 Å². The Balaban J connectivity index is 1.70. The second-order valence-corrected chi connectivity index (χ2v) is 4.68. The zero-order valence-corrected chi connectivity index (χ0v) is 11.4. The number of imidazole rings is 1. The number of nitrogens with zero attached hydrogens (tertiary/aromatic N) is 3. The number of benzene rings is 2. The van der Waals surface area contributed by atoms with E-state index in [1.54, 1.807) is 12.5 Å². The molecule has 4 nitrogen and oxygen atoms in total. The van der Waals surface area contributed by atoms with E-state index in [0.717, 1.165) is 23.5 Å². The summed E-state index contributed by atoms with van der Waals surface area (Å²) in [6, 6.07) is 17.9. The lowest BCUT2D eigenvalue weighted by Crippen LogP contribution is -2.00. The fourth-order valence-electron chi connectivity index (χ4n) is 2.09. The Morgan fingerprint density at radius 2 is 2.00 bits per heavy atom. The van der Waals surface area contributed by atoms with Crippen molar-refractivity contribution in [3.63, 3.8) is 0 Å². The van der Waals surface area contributed by atoms with Crippen molar-refractivity contribution in [2.75, 3.05) is 5.32 Å². The first kappa shape index (κ1) is 12.9. The van der Waals surface area contributed by atoms with Gasteiger partial charge in [0, 0.05) is 30.3 Å². The van der Waals surface area contributed by atoms with Crippen LogP contribution in [0.3, 0.4) is 0 Å². The van der Waals surface area contributed by atoms with Crippen LogP contribution in [0.5, 0.6) is 0 Å². The highest BCUT2D eigenvalue weighted by Crippen LogP contribution is 2.15. The molecular formula is C17H14N4. The molecule has 0 saturated heterocycles. The maximum Gasteiger partial charge on any atom is 0.0991 e. The van der Waals surface area contributed by atoms with E-state index in [1.165, 1.54) is 0 Å². The van der Waals surface area contributed by atoms with Crippen LogP contribution >= 0.6 is 0 Å². The summed E-state index contributed by atoms with van der Waals surface area (Å²) in [7, 11) is 0. The van der Waals surface area contributed by atoms with Crippen LogP contribution in [-0.2, 0) is 6.54 Å². The average Bonchev–Trinajstić information content (AvgIpc) is 3.08. The largest absolute Gasteiger partial charge is 0.381 e. The molecule has 0 atom stereocenters. The van der Waals surface area contributed by atoms with E-state index in [9.17, 15) is 0 Å².